The molecule has 0 rings (SSSR count). The van der Waals surface area contributed by atoms with Crippen LogP contribution in [0.5, 0.6) is 0 Å². The quantitative estimate of drug-likeness (QED) is 0.0837. The molecular formula is C30H54O2. The van der Waals surface area contributed by atoms with E-state index in [-0.39, 0.29) is 5.97 Å². The van der Waals surface area contributed by atoms with Crippen molar-refractivity contribution in [2.24, 2.45) is 0 Å². The van der Waals surface area contributed by atoms with Crippen molar-refractivity contribution in [3.63, 3.8) is 0 Å². The summed E-state index contributed by atoms with van der Waals surface area (Å²) in [6, 6.07) is 0. The van der Waals surface area contributed by atoms with Gasteiger partial charge in [-0.1, -0.05) is 127 Å². The van der Waals surface area contributed by atoms with E-state index in [1.165, 1.54) is 89.9 Å². The smallest absolute Gasteiger partial charge is 0.305 e. The zero-order valence-electron chi connectivity index (χ0n) is 21.6. The van der Waals surface area contributed by atoms with E-state index in [4.69, 9.17) is 4.74 Å². The Hall–Kier alpha value is -1.31. The lowest BCUT2D eigenvalue weighted by Crippen LogP contribution is -2.05. The molecule has 0 heterocycles. The van der Waals surface area contributed by atoms with Crippen molar-refractivity contribution in [2.75, 3.05) is 6.61 Å². The molecule has 0 N–H and O–H groups in total. The molecular weight excluding hydrogens is 392 g/mol. The van der Waals surface area contributed by atoms with Crippen LogP contribution >= 0.6 is 0 Å². The van der Waals surface area contributed by atoms with Crippen molar-refractivity contribution in [1.82, 2.24) is 0 Å². The standard InChI is InChI=1S/C30H54O2/c1-3-5-7-9-11-13-14-15-16-17-18-19-21-23-25-27-29-32-30(31)28-26-24-22-20-12-10-8-6-4-2/h5,7,11,13,15-16H,3-4,6,8-10,12,14,17-29H2,1-2H3/b7-5-,13-11-,16-15-. The number of carbonyl (C=O) groups is 1. The fraction of sp³-hybridized carbons (Fsp3) is 0.767. The zero-order chi connectivity index (χ0) is 23.4. The molecule has 186 valence electrons. The first-order valence-electron chi connectivity index (χ1n) is 13.9. The highest BCUT2D eigenvalue weighted by molar-refractivity contribution is 5.69. The molecule has 0 aliphatic heterocycles. The Bertz CT molecular complexity index is 461. The largest absolute Gasteiger partial charge is 0.466 e. The summed E-state index contributed by atoms with van der Waals surface area (Å²) in [6.07, 6.45) is 37.5. The predicted molar refractivity (Wildman–Crippen MR) is 142 cm³/mol. The van der Waals surface area contributed by atoms with Gasteiger partial charge < -0.3 is 4.74 Å². The highest BCUT2D eigenvalue weighted by Crippen LogP contribution is 2.11. The first kappa shape index (κ1) is 30.7. The van der Waals surface area contributed by atoms with Gasteiger partial charge in [0.25, 0.3) is 0 Å². The number of hydrogen-bond donors (Lipinski definition) is 0. The van der Waals surface area contributed by atoms with E-state index in [1.54, 1.807) is 0 Å². The summed E-state index contributed by atoms with van der Waals surface area (Å²) in [7, 11) is 0. The van der Waals surface area contributed by atoms with Gasteiger partial charge in [0.2, 0.25) is 0 Å². The zero-order valence-corrected chi connectivity index (χ0v) is 21.6. The van der Waals surface area contributed by atoms with Crippen LogP contribution in [-0.2, 0) is 9.53 Å². The van der Waals surface area contributed by atoms with Gasteiger partial charge in [-0.3, -0.25) is 4.79 Å². The summed E-state index contributed by atoms with van der Waals surface area (Å²) >= 11 is 0. The van der Waals surface area contributed by atoms with Gasteiger partial charge in [0.05, 0.1) is 6.61 Å². The van der Waals surface area contributed by atoms with Crippen LogP contribution in [0.4, 0.5) is 0 Å². The van der Waals surface area contributed by atoms with Gasteiger partial charge in [-0.15, -0.1) is 0 Å². The first-order chi connectivity index (χ1) is 15.8. The van der Waals surface area contributed by atoms with Gasteiger partial charge in [-0.05, 0) is 44.9 Å². The molecule has 0 saturated heterocycles. The van der Waals surface area contributed by atoms with Gasteiger partial charge in [-0.2, -0.15) is 0 Å². The summed E-state index contributed by atoms with van der Waals surface area (Å²) in [6.45, 7) is 5.04. The molecule has 0 aromatic carbocycles. The number of hydrogen-bond acceptors (Lipinski definition) is 2. The molecule has 0 unspecified atom stereocenters. The van der Waals surface area contributed by atoms with E-state index in [2.05, 4.69) is 50.3 Å². The van der Waals surface area contributed by atoms with E-state index < -0.39 is 0 Å². The lowest BCUT2D eigenvalue weighted by Gasteiger charge is -2.05. The second kappa shape index (κ2) is 27.7. The number of unbranched alkanes of at least 4 members (excludes halogenated alkanes) is 14. The monoisotopic (exact) mass is 446 g/mol. The molecule has 0 fully saturated rings. The second-order valence-electron chi connectivity index (χ2n) is 9.00. The number of carbonyl (C=O) groups excluding carboxylic acids is 1. The van der Waals surface area contributed by atoms with Crippen LogP contribution < -0.4 is 0 Å². The minimum atomic E-state index is 0.00648. The van der Waals surface area contributed by atoms with Gasteiger partial charge >= 0.3 is 5.97 Å². The van der Waals surface area contributed by atoms with Crippen molar-refractivity contribution < 1.29 is 9.53 Å². The molecule has 32 heavy (non-hydrogen) atoms. The van der Waals surface area contributed by atoms with Gasteiger partial charge in [0, 0.05) is 6.42 Å². The Kier molecular flexibility index (Phi) is 26.6. The van der Waals surface area contributed by atoms with Gasteiger partial charge in [-0.25, -0.2) is 0 Å². The lowest BCUT2D eigenvalue weighted by atomic mass is 10.1. The Morgan fingerprint density at radius 1 is 0.562 bits per heavy atom. The fourth-order valence-corrected chi connectivity index (χ4v) is 3.74. The average Bonchev–Trinajstić information content (AvgIpc) is 2.80. The van der Waals surface area contributed by atoms with Crippen LogP contribution in [0.3, 0.4) is 0 Å². The topological polar surface area (TPSA) is 26.3 Å². The van der Waals surface area contributed by atoms with Crippen LogP contribution in [0, 0.1) is 0 Å². The molecule has 0 radical (unpaired) electrons. The fourth-order valence-electron chi connectivity index (χ4n) is 3.74. The van der Waals surface area contributed by atoms with Crippen molar-refractivity contribution in [2.45, 2.75) is 142 Å². The average molecular weight is 447 g/mol. The number of rotatable bonds is 24. The minimum Gasteiger partial charge on any atom is -0.466 e. The molecule has 0 aliphatic rings. The summed E-state index contributed by atoms with van der Waals surface area (Å²) < 4.78 is 5.38. The normalized spacial score (nSPS) is 11.9. The minimum absolute atomic E-state index is 0.00648. The molecule has 0 bridgehead atoms. The lowest BCUT2D eigenvalue weighted by molar-refractivity contribution is -0.143. The summed E-state index contributed by atoms with van der Waals surface area (Å²) in [4.78, 5) is 11.8. The van der Waals surface area contributed by atoms with E-state index in [1.807, 2.05) is 0 Å². The second-order valence-corrected chi connectivity index (χ2v) is 9.00. The Morgan fingerprint density at radius 2 is 1.06 bits per heavy atom. The predicted octanol–water partition coefficient (Wildman–Crippen LogP) is 10.0. The summed E-state index contributed by atoms with van der Waals surface area (Å²) in [5.74, 6) is 0.00648. The highest BCUT2D eigenvalue weighted by Gasteiger charge is 2.02. The summed E-state index contributed by atoms with van der Waals surface area (Å²) in [5.41, 5.74) is 0. The maximum Gasteiger partial charge on any atom is 0.305 e. The van der Waals surface area contributed by atoms with E-state index >= 15 is 0 Å². The van der Waals surface area contributed by atoms with Gasteiger partial charge in [0.1, 0.15) is 0 Å². The van der Waals surface area contributed by atoms with E-state index in [9.17, 15) is 4.79 Å². The van der Waals surface area contributed by atoms with Crippen LogP contribution in [0.2, 0.25) is 0 Å². The molecule has 0 atom stereocenters. The van der Waals surface area contributed by atoms with Crippen LogP contribution in [0.1, 0.15) is 142 Å². The molecule has 0 saturated carbocycles. The first-order valence-corrected chi connectivity index (χ1v) is 13.9. The molecule has 2 heteroatoms. The van der Waals surface area contributed by atoms with Crippen molar-refractivity contribution in [3.05, 3.63) is 36.5 Å². The molecule has 0 amide bonds. The SMILES string of the molecule is CC/C=C\C/C=C\C/C=C\CCCCCCCCOC(=O)CCCCCCCCCCC. The van der Waals surface area contributed by atoms with E-state index in [0.717, 1.165) is 32.1 Å². The van der Waals surface area contributed by atoms with Crippen molar-refractivity contribution >= 4 is 5.97 Å². The third-order valence-electron chi connectivity index (χ3n) is 5.79. The molecule has 0 aliphatic carbocycles. The number of allylic oxidation sites excluding steroid dienone is 6. The number of esters is 1. The maximum absolute atomic E-state index is 11.8. The van der Waals surface area contributed by atoms with E-state index in [0.29, 0.717) is 13.0 Å². The van der Waals surface area contributed by atoms with Crippen molar-refractivity contribution in [3.8, 4) is 0 Å². The molecule has 0 spiro atoms. The van der Waals surface area contributed by atoms with Crippen molar-refractivity contribution in [1.29, 1.82) is 0 Å². The van der Waals surface area contributed by atoms with Crippen LogP contribution in [0.25, 0.3) is 0 Å². The van der Waals surface area contributed by atoms with Crippen LogP contribution in [-0.4, -0.2) is 12.6 Å². The highest BCUT2D eigenvalue weighted by atomic mass is 16.5. The Balaban J connectivity index is 3.25. The molecule has 0 aromatic heterocycles. The summed E-state index contributed by atoms with van der Waals surface area (Å²) in [5, 5.41) is 0. The third-order valence-corrected chi connectivity index (χ3v) is 5.79. The molecule has 0 aromatic rings. The number of ether oxygens (including phenoxy) is 1. The third kappa shape index (κ3) is 26.7. The Morgan fingerprint density at radius 3 is 1.69 bits per heavy atom. The van der Waals surface area contributed by atoms with Gasteiger partial charge in [0.15, 0.2) is 0 Å². The Labute approximate surface area is 201 Å². The maximum atomic E-state index is 11.8. The van der Waals surface area contributed by atoms with Crippen LogP contribution in [0.15, 0.2) is 36.5 Å². The molecule has 2 nitrogen and oxygen atoms in total.